The highest BCUT2D eigenvalue weighted by Gasteiger charge is 2.25. The zero-order valence-electron chi connectivity index (χ0n) is 11.5. The first-order chi connectivity index (χ1) is 8.44. The van der Waals surface area contributed by atoms with E-state index in [1.54, 1.807) is 10.9 Å². The van der Waals surface area contributed by atoms with Crippen LogP contribution in [0.1, 0.15) is 12.8 Å². The van der Waals surface area contributed by atoms with Gasteiger partial charge < -0.3 is 15.2 Å². The number of anilines is 1. The van der Waals surface area contributed by atoms with Gasteiger partial charge in [0, 0.05) is 14.7 Å². The van der Waals surface area contributed by atoms with E-state index in [2.05, 4.69) is 24.7 Å². The first-order valence-corrected chi connectivity index (χ1v) is 10.2. The smallest absolute Gasteiger partial charge is 0.256 e. The molecule has 0 amide bonds. The third kappa shape index (κ3) is 4.34. The predicted octanol–water partition coefficient (Wildman–Crippen LogP) is 2.32. The van der Waals surface area contributed by atoms with Crippen molar-refractivity contribution in [2.75, 3.05) is 12.3 Å². The molecule has 0 atom stereocenters. The molecule has 18 heavy (non-hydrogen) atoms. The summed E-state index contributed by atoms with van der Waals surface area (Å²) in [6.45, 7) is 8.24. The lowest BCUT2D eigenvalue weighted by Gasteiger charge is -2.15. The number of nitrogens with two attached hydrogens (primary N) is 1. The Kier molecular flexibility index (Phi) is 3.96. The molecule has 1 saturated carbocycles. The fraction of sp³-hybridized carbons (Fsp3) is 0.750. The molecule has 0 bridgehead atoms. The van der Waals surface area contributed by atoms with Crippen molar-refractivity contribution >= 4 is 13.8 Å². The van der Waals surface area contributed by atoms with Crippen LogP contribution in [0.2, 0.25) is 25.7 Å². The van der Waals surface area contributed by atoms with Gasteiger partial charge in [0.25, 0.3) is 5.88 Å². The molecule has 1 aliphatic carbocycles. The quantitative estimate of drug-likeness (QED) is 0.609. The van der Waals surface area contributed by atoms with Gasteiger partial charge in [-0.25, -0.2) is 4.68 Å². The van der Waals surface area contributed by atoms with Gasteiger partial charge in [0.05, 0.1) is 6.20 Å². The third-order valence-electron chi connectivity index (χ3n) is 2.78. The normalized spacial score (nSPS) is 15.9. The number of nitrogens with zero attached hydrogens (tertiary/aromatic N) is 2. The number of hydrogen-bond donors (Lipinski definition) is 1. The summed E-state index contributed by atoms with van der Waals surface area (Å²) in [5.41, 5.74) is 6.43. The van der Waals surface area contributed by atoms with Crippen LogP contribution in [0, 0.1) is 0 Å². The molecule has 2 N–H and O–H groups in total. The molecule has 0 aromatic carbocycles. The van der Waals surface area contributed by atoms with Gasteiger partial charge in [-0.15, -0.1) is 5.10 Å². The van der Waals surface area contributed by atoms with Crippen molar-refractivity contribution in [3.8, 4) is 5.88 Å². The summed E-state index contributed by atoms with van der Waals surface area (Å²) in [4.78, 5) is 0. The SMILES string of the molecule is C[Si](C)(C)CCOCn1cc(N)c(OC2CC2)n1. The van der Waals surface area contributed by atoms with Crippen molar-refractivity contribution < 1.29 is 9.47 Å². The molecule has 2 rings (SSSR count). The Morgan fingerprint density at radius 3 is 2.78 bits per heavy atom. The molecule has 6 heteroatoms. The molecule has 0 spiro atoms. The van der Waals surface area contributed by atoms with Crippen molar-refractivity contribution in [3.63, 3.8) is 0 Å². The lowest BCUT2D eigenvalue weighted by Crippen LogP contribution is -2.22. The molecule has 0 unspecified atom stereocenters. The van der Waals surface area contributed by atoms with Crippen LogP contribution in [0.3, 0.4) is 0 Å². The highest BCUT2D eigenvalue weighted by Crippen LogP contribution is 2.29. The number of nitrogen functional groups attached to an aromatic ring is 1. The minimum atomic E-state index is -1.02. The zero-order valence-corrected chi connectivity index (χ0v) is 12.5. The molecule has 1 aromatic rings. The van der Waals surface area contributed by atoms with E-state index in [-0.39, 0.29) is 0 Å². The third-order valence-corrected chi connectivity index (χ3v) is 4.48. The van der Waals surface area contributed by atoms with E-state index in [9.17, 15) is 0 Å². The Hall–Kier alpha value is -1.01. The van der Waals surface area contributed by atoms with Crippen molar-refractivity contribution in [2.45, 2.75) is 51.4 Å². The summed E-state index contributed by atoms with van der Waals surface area (Å²) in [6, 6.07) is 1.16. The first-order valence-electron chi connectivity index (χ1n) is 6.51. The number of rotatable bonds is 7. The highest BCUT2D eigenvalue weighted by molar-refractivity contribution is 6.76. The van der Waals surface area contributed by atoms with E-state index in [0.717, 1.165) is 25.5 Å². The van der Waals surface area contributed by atoms with E-state index in [1.807, 2.05) is 0 Å². The minimum Gasteiger partial charge on any atom is -0.472 e. The monoisotopic (exact) mass is 269 g/mol. The second kappa shape index (κ2) is 5.32. The van der Waals surface area contributed by atoms with E-state index in [0.29, 0.717) is 24.4 Å². The summed E-state index contributed by atoms with van der Waals surface area (Å²) in [7, 11) is -1.02. The highest BCUT2D eigenvalue weighted by atomic mass is 28.3. The fourth-order valence-corrected chi connectivity index (χ4v) is 2.21. The van der Waals surface area contributed by atoms with Gasteiger partial charge in [0.2, 0.25) is 0 Å². The summed E-state index contributed by atoms with van der Waals surface area (Å²) in [5.74, 6) is 0.547. The van der Waals surface area contributed by atoms with Gasteiger partial charge in [-0.1, -0.05) is 19.6 Å². The lowest BCUT2D eigenvalue weighted by molar-refractivity contribution is 0.0773. The second-order valence-electron chi connectivity index (χ2n) is 6.09. The Morgan fingerprint density at radius 1 is 1.44 bits per heavy atom. The van der Waals surface area contributed by atoms with Crippen LogP contribution in [-0.2, 0) is 11.5 Å². The maximum atomic E-state index is 5.83. The van der Waals surface area contributed by atoms with E-state index in [4.69, 9.17) is 15.2 Å². The summed E-state index contributed by atoms with van der Waals surface area (Å²) in [6.07, 6.45) is 4.31. The van der Waals surface area contributed by atoms with Gasteiger partial charge in [-0.3, -0.25) is 0 Å². The van der Waals surface area contributed by atoms with Crippen LogP contribution < -0.4 is 10.5 Å². The van der Waals surface area contributed by atoms with Crippen LogP contribution in [0.15, 0.2) is 6.20 Å². The molecule has 5 nitrogen and oxygen atoms in total. The Bertz CT molecular complexity index is 397. The van der Waals surface area contributed by atoms with Crippen molar-refractivity contribution in [1.82, 2.24) is 9.78 Å². The standard InChI is InChI=1S/C12H23N3O2Si/c1-18(2,3)7-6-16-9-15-8-11(13)12(14-15)17-10-4-5-10/h8,10H,4-7,9,13H2,1-3H3. The molecule has 1 fully saturated rings. The number of ether oxygens (including phenoxy) is 2. The van der Waals surface area contributed by atoms with Crippen molar-refractivity contribution in [2.24, 2.45) is 0 Å². The van der Waals surface area contributed by atoms with Crippen molar-refractivity contribution in [1.29, 1.82) is 0 Å². The topological polar surface area (TPSA) is 62.3 Å². The van der Waals surface area contributed by atoms with Gasteiger partial charge in [0.1, 0.15) is 18.5 Å². The molecule has 0 radical (unpaired) electrons. The molecular formula is C12H23N3O2Si. The van der Waals surface area contributed by atoms with E-state index >= 15 is 0 Å². The van der Waals surface area contributed by atoms with Gasteiger partial charge in [0.15, 0.2) is 0 Å². The van der Waals surface area contributed by atoms with Gasteiger partial charge in [-0.2, -0.15) is 0 Å². The molecule has 0 saturated heterocycles. The van der Waals surface area contributed by atoms with Gasteiger partial charge in [-0.05, 0) is 18.9 Å². The zero-order chi connectivity index (χ0) is 13.2. The first kappa shape index (κ1) is 13.4. The molecule has 1 aromatic heterocycles. The van der Waals surface area contributed by atoms with Crippen LogP contribution in [-0.4, -0.2) is 30.6 Å². The van der Waals surface area contributed by atoms with Crippen LogP contribution in [0.4, 0.5) is 5.69 Å². The summed E-state index contributed by atoms with van der Waals surface area (Å²) >= 11 is 0. The van der Waals surface area contributed by atoms with Gasteiger partial charge >= 0.3 is 0 Å². The number of aromatic nitrogens is 2. The lowest BCUT2D eigenvalue weighted by atomic mass is 10.6. The predicted molar refractivity (Wildman–Crippen MR) is 74.4 cm³/mol. The van der Waals surface area contributed by atoms with Crippen LogP contribution >= 0.6 is 0 Å². The second-order valence-corrected chi connectivity index (χ2v) is 11.7. The minimum absolute atomic E-state index is 0.323. The molecular weight excluding hydrogens is 246 g/mol. The summed E-state index contributed by atoms with van der Waals surface area (Å²) in [5, 5.41) is 4.28. The molecule has 1 aliphatic rings. The Morgan fingerprint density at radius 2 is 2.17 bits per heavy atom. The Labute approximate surface area is 109 Å². The average Bonchev–Trinajstić information content (AvgIpc) is 2.99. The largest absolute Gasteiger partial charge is 0.472 e. The Balaban J connectivity index is 1.75. The molecule has 1 heterocycles. The maximum absolute atomic E-state index is 5.83. The molecule has 0 aliphatic heterocycles. The fourth-order valence-electron chi connectivity index (χ4n) is 1.46. The molecule has 102 valence electrons. The van der Waals surface area contributed by atoms with E-state index in [1.165, 1.54) is 0 Å². The van der Waals surface area contributed by atoms with Crippen molar-refractivity contribution in [3.05, 3.63) is 6.20 Å². The number of hydrogen-bond acceptors (Lipinski definition) is 4. The maximum Gasteiger partial charge on any atom is 0.256 e. The summed E-state index contributed by atoms with van der Waals surface area (Å²) < 4.78 is 12.9. The van der Waals surface area contributed by atoms with E-state index < -0.39 is 8.07 Å². The van der Waals surface area contributed by atoms with Crippen LogP contribution in [0.5, 0.6) is 5.88 Å². The van der Waals surface area contributed by atoms with Crippen LogP contribution in [0.25, 0.3) is 0 Å². The average molecular weight is 269 g/mol.